The third kappa shape index (κ3) is 3.40. The fourth-order valence-corrected chi connectivity index (χ4v) is 3.08. The Bertz CT molecular complexity index is 588. The average Bonchev–Trinajstić information content (AvgIpc) is 2.94. The maximum Gasteiger partial charge on any atom is 0.142 e. The van der Waals surface area contributed by atoms with Crippen LogP contribution in [0.25, 0.3) is 11.4 Å². The number of halogens is 2. The molecule has 112 valence electrons. The Morgan fingerprint density at radius 3 is 2.86 bits per heavy atom. The molecule has 0 spiro atoms. The maximum absolute atomic E-state index is 6.27. The van der Waals surface area contributed by atoms with Gasteiger partial charge in [0.2, 0.25) is 0 Å². The fourth-order valence-electron chi connectivity index (χ4n) is 2.52. The number of benzene rings is 1. The van der Waals surface area contributed by atoms with Gasteiger partial charge in [-0.1, -0.05) is 29.3 Å². The van der Waals surface area contributed by atoms with Crippen LogP contribution in [0.15, 0.2) is 30.6 Å². The summed E-state index contributed by atoms with van der Waals surface area (Å²) in [6.45, 7) is 3.43. The molecular weight excluding hydrogens is 309 g/mol. The first-order chi connectivity index (χ1) is 10.3. The van der Waals surface area contributed by atoms with Gasteiger partial charge in [0.15, 0.2) is 0 Å². The second-order valence-electron chi connectivity index (χ2n) is 5.03. The number of nitrogens with one attached hydrogen (secondary N) is 1. The number of aromatic nitrogens is 2. The zero-order chi connectivity index (χ0) is 14.7. The smallest absolute Gasteiger partial charge is 0.142 e. The second kappa shape index (κ2) is 6.79. The molecule has 1 aromatic carbocycles. The molecule has 1 aromatic heterocycles. The summed E-state index contributed by atoms with van der Waals surface area (Å²) in [5.41, 5.74) is 0.786. The van der Waals surface area contributed by atoms with E-state index in [1.807, 2.05) is 24.4 Å². The van der Waals surface area contributed by atoms with Gasteiger partial charge in [-0.25, -0.2) is 4.98 Å². The summed E-state index contributed by atoms with van der Waals surface area (Å²) >= 11 is 12.5. The molecule has 3 rings (SSSR count). The number of aryl methyl sites for hydroxylation is 1. The van der Waals surface area contributed by atoms with E-state index in [2.05, 4.69) is 14.9 Å². The normalized spacial score (nSPS) is 18.9. The Morgan fingerprint density at radius 2 is 2.14 bits per heavy atom. The molecule has 0 amide bonds. The maximum atomic E-state index is 6.27. The van der Waals surface area contributed by atoms with E-state index >= 15 is 0 Å². The molecule has 0 saturated carbocycles. The molecule has 2 aromatic rings. The first-order valence-corrected chi connectivity index (χ1v) is 7.79. The zero-order valence-corrected chi connectivity index (χ0v) is 13.1. The Hall–Kier alpha value is -1.07. The van der Waals surface area contributed by atoms with Gasteiger partial charge in [-0.15, -0.1) is 0 Å². The molecule has 0 radical (unpaired) electrons. The lowest BCUT2D eigenvalue weighted by molar-refractivity contribution is 0.0211. The van der Waals surface area contributed by atoms with E-state index < -0.39 is 0 Å². The summed E-state index contributed by atoms with van der Waals surface area (Å²) in [7, 11) is 0. The van der Waals surface area contributed by atoms with Gasteiger partial charge in [0, 0.05) is 32.0 Å². The Labute approximate surface area is 134 Å². The number of morpholine rings is 1. The van der Waals surface area contributed by atoms with Crippen molar-refractivity contribution in [2.24, 2.45) is 0 Å². The molecule has 4 nitrogen and oxygen atoms in total. The summed E-state index contributed by atoms with van der Waals surface area (Å²) in [4.78, 5) is 4.41. The van der Waals surface area contributed by atoms with E-state index in [0.717, 1.165) is 44.0 Å². The number of hydrogen-bond donors (Lipinski definition) is 1. The fraction of sp³-hybridized carbons (Fsp3) is 0.400. The van der Waals surface area contributed by atoms with Crippen LogP contribution in [-0.2, 0) is 11.3 Å². The highest BCUT2D eigenvalue weighted by molar-refractivity contribution is 6.38. The van der Waals surface area contributed by atoms with Crippen molar-refractivity contribution in [2.75, 3.05) is 19.7 Å². The van der Waals surface area contributed by atoms with Crippen LogP contribution in [0.1, 0.15) is 6.42 Å². The van der Waals surface area contributed by atoms with Crippen LogP contribution in [0.4, 0.5) is 0 Å². The van der Waals surface area contributed by atoms with Crippen LogP contribution in [0, 0.1) is 0 Å². The van der Waals surface area contributed by atoms with Gasteiger partial charge in [0.05, 0.1) is 28.3 Å². The van der Waals surface area contributed by atoms with Crippen molar-refractivity contribution < 1.29 is 4.74 Å². The standard InChI is InChI=1S/C15H17Cl2N3O/c16-12-2-1-3-13(17)14(12)15-19-5-8-20(15)7-4-11-10-18-6-9-21-11/h1-3,5,8,11,18H,4,6-7,9-10H2. The minimum absolute atomic E-state index is 0.246. The molecule has 6 heteroatoms. The summed E-state index contributed by atoms with van der Waals surface area (Å²) in [6.07, 6.45) is 4.90. The predicted octanol–water partition coefficient (Wildman–Crippen LogP) is 3.24. The highest BCUT2D eigenvalue weighted by Gasteiger charge is 2.16. The van der Waals surface area contributed by atoms with Gasteiger partial charge >= 0.3 is 0 Å². The minimum atomic E-state index is 0.246. The van der Waals surface area contributed by atoms with Gasteiger partial charge < -0.3 is 14.6 Å². The summed E-state index contributed by atoms with van der Waals surface area (Å²) in [5.74, 6) is 0.800. The van der Waals surface area contributed by atoms with Crippen molar-refractivity contribution in [2.45, 2.75) is 19.1 Å². The van der Waals surface area contributed by atoms with E-state index in [0.29, 0.717) is 10.0 Å². The molecule has 21 heavy (non-hydrogen) atoms. The lowest BCUT2D eigenvalue weighted by Gasteiger charge is -2.24. The SMILES string of the molecule is Clc1cccc(Cl)c1-c1nccn1CCC1CNCCO1. The molecular formula is C15H17Cl2N3O. The third-order valence-corrected chi connectivity index (χ3v) is 4.23. The van der Waals surface area contributed by atoms with Crippen LogP contribution in [0.5, 0.6) is 0 Å². The average molecular weight is 326 g/mol. The molecule has 0 bridgehead atoms. The van der Waals surface area contributed by atoms with Crippen molar-refractivity contribution in [1.82, 2.24) is 14.9 Å². The Balaban J connectivity index is 1.77. The second-order valence-corrected chi connectivity index (χ2v) is 5.84. The molecule has 1 saturated heterocycles. The van der Waals surface area contributed by atoms with Gasteiger partial charge in [-0.3, -0.25) is 0 Å². The molecule has 1 fully saturated rings. The quantitative estimate of drug-likeness (QED) is 0.937. The number of rotatable bonds is 4. The van der Waals surface area contributed by atoms with Crippen molar-refractivity contribution >= 4 is 23.2 Å². The summed E-state index contributed by atoms with van der Waals surface area (Å²) in [6, 6.07) is 5.49. The topological polar surface area (TPSA) is 39.1 Å². The van der Waals surface area contributed by atoms with Crippen molar-refractivity contribution in [3.05, 3.63) is 40.6 Å². The van der Waals surface area contributed by atoms with Crippen molar-refractivity contribution in [3.63, 3.8) is 0 Å². The molecule has 1 aliphatic heterocycles. The minimum Gasteiger partial charge on any atom is -0.376 e. The first-order valence-electron chi connectivity index (χ1n) is 7.03. The number of hydrogen-bond acceptors (Lipinski definition) is 3. The molecule has 1 atom stereocenters. The summed E-state index contributed by atoms with van der Waals surface area (Å²) in [5, 5.41) is 4.57. The first kappa shape index (κ1) is 14.9. The molecule has 1 aliphatic rings. The van der Waals surface area contributed by atoms with E-state index in [4.69, 9.17) is 27.9 Å². The lowest BCUT2D eigenvalue weighted by atomic mass is 10.2. The van der Waals surface area contributed by atoms with Crippen LogP contribution >= 0.6 is 23.2 Å². The number of imidazole rings is 1. The van der Waals surface area contributed by atoms with Gasteiger partial charge in [0.25, 0.3) is 0 Å². The van der Waals surface area contributed by atoms with E-state index in [1.54, 1.807) is 6.20 Å². The zero-order valence-electron chi connectivity index (χ0n) is 11.6. The Kier molecular flexibility index (Phi) is 4.80. The van der Waals surface area contributed by atoms with E-state index in [-0.39, 0.29) is 6.10 Å². The van der Waals surface area contributed by atoms with Crippen LogP contribution < -0.4 is 5.32 Å². The molecule has 2 heterocycles. The van der Waals surface area contributed by atoms with Crippen molar-refractivity contribution in [1.29, 1.82) is 0 Å². The van der Waals surface area contributed by atoms with Gasteiger partial charge in [-0.05, 0) is 18.6 Å². The lowest BCUT2D eigenvalue weighted by Crippen LogP contribution is -2.38. The monoisotopic (exact) mass is 325 g/mol. The number of nitrogens with zero attached hydrogens (tertiary/aromatic N) is 2. The Morgan fingerprint density at radius 1 is 1.33 bits per heavy atom. The van der Waals surface area contributed by atoms with E-state index in [9.17, 15) is 0 Å². The third-order valence-electron chi connectivity index (χ3n) is 3.60. The highest BCUT2D eigenvalue weighted by atomic mass is 35.5. The van der Waals surface area contributed by atoms with Crippen LogP contribution in [0.2, 0.25) is 10.0 Å². The number of ether oxygens (including phenoxy) is 1. The van der Waals surface area contributed by atoms with E-state index in [1.165, 1.54) is 0 Å². The van der Waals surface area contributed by atoms with Crippen LogP contribution in [0.3, 0.4) is 0 Å². The molecule has 1 unspecified atom stereocenters. The highest BCUT2D eigenvalue weighted by Crippen LogP contribution is 2.33. The van der Waals surface area contributed by atoms with Gasteiger partial charge in [-0.2, -0.15) is 0 Å². The predicted molar refractivity (Wildman–Crippen MR) is 84.9 cm³/mol. The summed E-state index contributed by atoms with van der Waals surface area (Å²) < 4.78 is 7.80. The van der Waals surface area contributed by atoms with Crippen molar-refractivity contribution in [3.8, 4) is 11.4 Å². The largest absolute Gasteiger partial charge is 0.376 e. The van der Waals surface area contributed by atoms with Gasteiger partial charge in [0.1, 0.15) is 5.82 Å². The molecule has 1 N–H and O–H groups in total. The van der Waals surface area contributed by atoms with Crippen LogP contribution in [-0.4, -0.2) is 35.4 Å². The molecule has 0 aliphatic carbocycles.